The van der Waals surface area contributed by atoms with E-state index in [1.807, 2.05) is 42.6 Å². The van der Waals surface area contributed by atoms with Gasteiger partial charge in [-0.2, -0.15) is 0 Å². The third kappa shape index (κ3) is 5.46. The Balaban J connectivity index is 1.71. The maximum absolute atomic E-state index is 12.4. The third-order valence-electron chi connectivity index (χ3n) is 3.99. The van der Waals surface area contributed by atoms with Gasteiger partial charge in [0.2, 0.25) is 11.3 Å². The summed E-state index contributed by atoms with van der Waals surface area (Å²) in [5.41, 5.74) is 2.55. The number of aryl methyl sites for hydroxylation is 1. The number of hydrogen-bond acceptors (Lipinski definition) is 6. The van der Waals surface area contributed by atoms with Crippen LogP contribution in [0.15, 0.2) is 57.1 Å². The second kappa shape index (κ2) is 9.57. The number of benzene rings is 1. The van der Waals surface area contributed by atoms with Crippen molar-refractivity contribution in [2.45, 2.75) is 30.1 Å². The molecule has 2 heterocycles. The quantitative estimate of drug-likeness (QED) is 0.572. The van der Waals surface area contributed by atoms with Gasteiger partial charge in [-0.1, -0.05) is 42.1 Å². The van der Waals surface area contributed by atoms with E-state index in [2.05, 4.69) is 10.3 Å². The largest absolute Gasteiger partial charge is 0.491 e. The number of rotatable bonds is 8. The van der Waals surface area contributed by atoms with Crippen molar-refractivity contribution in [2.24, 2.45) is 0 Å². The molecule has 3 aromatic rings. The van der Waals surface area contributed by atoms with E-state index < -0.39 is 0 Å². The highest BCUT2D eigenvalue weighted by atomic mass is 32.2. The minimum atomic E-state index is -0.200. The van der Waals surface area contributed by atoms with Crippen LogP contribution in [0.1, 0.15) is 17.0 Å². The number of methoxy groups -OCH3 is 1. The predicted octanol–water partition coefficient (Wildman–Crippen LogP) is 3.23. The summed E-state index contributed by atoms with van der Waals surface area (Å²) in [7, 11) is 1.45. The van der Waals surface area contributed by atoms with Crippen LogP contribution in [-0.4, -0.2) is 22.6 Å². The van der Waals surface area contributed by atoms with Crippen molar-refractivity contribution in [1.82, 2.24) is 14.9 Å². The lowest BCUT2D eigenvalue weighted by Crippen LogP contribution is -2.28. The number of thioether (sulfide) groups is 1. The molecule has 0 spiro atoms. The van der Waals surface area contributed by atoms with E-state index >= 15 is 0 Å². The summed E-state index contributed by atoms with van der Waals surface area (Å²) >= 11 is 3.11. The van der Waals surface area contributed by atoms with Crippen LogP contribution in [0.25, 0.3) is 0 Å². The van der Waals surface area contributed by atoms with Gasteiger partial charge in [0.05, 0.1) is 13.3 Å². The Morgan fingerprint density at radius 2 is 2.11 bits per heavy atom. The standard InChI is InChI=1S/C20H21N3O3S2/c1-14-12-27-20(22-14)28-13-16-8-17(24)18(26-2)10-23(16)11-19(25)21-9-15-6-4-3-5-7-15/h3-8,10,12H,9,11,13H2,1-2H3,(H,21,25). The van der Waals surface area contributed by atoms with Crippen LogP contribution < -0.4 is 15.5 Å². The van der Waals surface area contributed by atoms with Crippen molar-refractivity contribution in [2.75, 3.05) is 7.11 Å². The molecule has 1 amide bonds. The van der Waals surface area contributed by atoms with E-state index in [0.29, 0.717) is 12.3 Å². The first-order chi connectivity index (χ1) is 13.5. The fraction of sp³-hybridized carbons (Fsp3) is 0.250. The highest BCUT2D eigenvalue weighted by Crippen LogP contribution is 2.26. The van der Waals surface area contributed by atoms with Crippen LogP contribution in [0.5, 0.6) is 5.75 Å². The molecule has 1 N–H and O–H groups in total. The summed E-state index contributed by atoms with van der Waals surface area (Å²) in [4.78, 5) is 29.0. The Bertz CT molecular complexity index is 999. The predicted molar refractivity (Wildman–Crippen MR) is 112 cm³/mol. The summed E-state index contributed by atoms with van der Waals surface area (Å²) in [5, 5.41) is 4.89. The molecule has 8 heteroatoms. The summed E-state index contributed by atoms with van der Waals surface area (Å²) < 4.78 is 7.82. The van der Waals surface area contributed by atoms with Gasteiger partial charge in [-0.3, -0.25) is 9.59 Å². The smallest absolute Gasteiger partial charge is 0.240 e. The minimum Gasteiger partial charge on any atom is -0.491 e. The molecule has 0 saturated heterocycles. The molecular weight excluding hydrogens is 394 g/mol. The average molecular weight is 416 g/mol. The van der Waals surface area contributed by atoms with Crippen LogP contribution in [-0.2, 0) is 23.6 Å². The molecule has 3 rings (SSSR count). The molecule has 0 aliphatic heterocycles. The lowest BCUT2D eigenvalue weighted by atomic mass is 10.2. The van der Waals surface area contributed by atoms with Crippen molar-refractivity contribution in [3.8, 4) is 5.75 Å². The number of carbonyl (C=O) groups is 1. The summed E-state index contributed by atoms with van der Waals surface area (Å²) in [6.07, 6.45) is 1.59. The van der Waals surface area contributed by atoms with Gasteiger partial charge in [-0.05, 0) is 12.5 Å². The average Bonchev–Trinajstić information content (AvgIpc) is 3.12. The van der Waals surface area contributed by atoms with Gasteiger partial charge in [0.15, 0.2) is 5.75 Å². The van der Waals surface area contributed by atoms with Gasteiger partial charge in [0.25, 0.3) is 0 Å². The molecule has 0 aliphatic rings. The Morgan fingerprint density at radius 3 is 2.79 bits per heavy atom. The van der Waals surface area contributed by atoms with Crippen LogP contribution in [0.4, 0.5) is 0 Å². The Morgan fingerprint density at radius 1 is 1.32 bits per heavy atom. The zero-order valence-electron chi connectivity index (χ0n) is 15.7. The van der Waals surface area contributed by atoms with Crippen molar-refractivity contribution in [3.05, 3.63) is 75.1 Å². The number of nitrogens with one attached hydrogen (secondary N) is 1. The van der Waals surface area contributed by atoms with E-state index in [0.717, 1.165) is 21.3 Å². The van der Waals surface area contributed by atoms with Gasteiger partial charge in [0, 0.05) is 35.1 Å². The summed E-state index contributed by atoms with van der Waals surface area (Å²) in [6.45, 7) is 2.51. The van der Waals surface area contributed by atoms with Crippen LogP contribution >= 0.6 is 23.1 Å². The summed E-state index contributed by atoms with van der Waals surface area (Å²) in [6, 6.07) is 11.2. The molecule has 0 atom stereocenters. The third-order valence-corrected chi connectivity index (χ3v) is 6.16. The van der Waals surface area contributed by atoms with Crippen LogP contribution in [0, 0.1) is 6.92 Å². The first kappa shape index (κ1) is 20.2. The highest BCUT2D eigenvalue weighted by molar-refractivity contribution is 8.00. The molecule has 2 aromatic heterocycles. The van der Waals surface area contributed by atoms with Crippen molar-refractivity contribution >= 4 is 29.0 Å². The number of hydrogen-bond donors (Lipinski definition) is 1. The first-order valence-electron chi connectivity index (χ1n) is 8.68. The van der Waals surface area contributed by atoms with Crippen molar-refractivity contribution in [3.63, 3.8) is 0 Å². The van der Waals surface area contributed by atoms with Crippen LogP contribution in [0.3, 0.4) is 0 Å². The molecule has 146 valence electrons. The number of ether oxygens (including phenoxy) is 1. The van der Waals surface area contributed by atoms with Gasteiger partial charge >= 0.3 is 0 Å². The fourth-order valence-corrected chi connectivity index (χ4v) is 4.40. The van der Waals surface area contributed by atoms with E-state index in [9.17, 15) is 9.59 Å². The van der Waals surface area contributed by atoms with Crippen LogP contribution in [0.2, 0.25) is 0 Å². The molecule has 1 aromatic carbocycles. The zero-order chi connectivity index (χ0) is 19.9. The zero-order valence-corrected chi connectivity index (χ0v) is 17.3. The molecule has 0 saturated carbocycles. The van der Waals surface area contributed by atoms with Crippen molar-refractivity contribution in [1.29, 1.82) is 0 Å². The minimum absolute atomic E-state index is 0.107. The maximum atomic E-state index is 12.4. The SMILES string of the molecule is COc1cn(CC(=O)NCc2ccccc2)c(CSc2nc(C)cs2)cc1=O. The second-order valence-electron chi connectivity index (χ2n) is 6.13. The molecule has 0 aliphatic carbocycles. The Hall–Kier alpha value is -2.58. The molecule has 6 nitrogen and oxygen atoms in total. The Labute approximate surface area is 171 Å². The monoisotopic (exact) mass is 415 g/mol. The lowest BCUT2D eigenvalue weighted by molar-refractivity contribution is -0.121. The molecule has 28 heavy (non-hydrogen) atoms. The molecule has 0 fully saturated rings. The van der Waals surface area contributed by atoms with E-state index in [-0.39, 0.29) is 23.6 Å². The van der Waals surface area contributed by atoms with Crippen molar-refractivity contribution < 1.29 is 9.53 Å². The number of amides is 1. The van der Waals surface area contributed by atoms with Gasteiger partial charge < -0.3 is 14.6 Å². The second-order valence-corrected chi connectivity index (χ2v) is 8.21. The number of aromatic nitrogens is 2. The number of pyridine rings is 1. The topological polar surface area (TPSA) is 73.2 Å². The molecule has 0 bridgehead atoms. The van der Waals surface area contributed by atoms with Gasteiger partial charge in [-0.25, -0.2) is 4.98 Å². The Kier molecular flexibility index (Phi) is 6.89. The van der Waals surface area contributed by atoms with E-state index in [4.69, 9.17) is 4.74 Å². The normalized spacial score (nSPS) is 10.6. The highest BCUT2D eigenvalue weighted by Gasteiger charge is 2.12. The first-order valence-corrected chi connectivity index (χ1v) is 10.5. The molecular formula is C20H21N3O3S2. The molecule has 0 unspecified atom stereocenters. The lowest BCUT2D eigenvalue weighted by Gasteiger charge is -2.14. The number of thiazole rings is 1. The summed E-state index contributed by atoms with van der Waals surface area (Å²) in [5.74, 6) is 0.624. The number of nitrogens with zero attached hydrogens (tertiary/aromatic N) is 2. The molecule has 0 radical (unpaired) electrons. The fourth-order valence-electron chi connectivity index (χ4n) is 2.56. The number of carbonyl (C=O) groups excluding carboxylic acids is 1. The van der Waals surface area contributed by atoms with Gasteiger partial charge in [-0.15, -0.1) is 11.3 Å². The van der Waals surface area contributed by atoms with E-state index in [1.54, 1.807) is 33.9 Å². The maximum Gasteiger partial charge on any atom is 0.240 e. The van der Waals surface area contributed by atoms with Gasteiger partial charge in [0.1, 0.15) is 10.9 Å². The van der Waals surface area contributed by atoms with E-state index in [1.165, 1.54) is 13.2 Å².